The number of carbonyl (C=O) groups excluding carboxylic acids is 1. The van der Waals surface area contributed by atoms with Crippen molar-refractivity contribution in [2.75, 3.05) is 7.11 Å². The van der Waals surface area contributed by atoms with E-state index in [-0.39, 0.29) is 5.78 Å². The van der Waals surface area contributed by atoms with E-state index < -0.39 is 5.54 Å². The van der Waals surface area contributed by atoms with Gasteiger partial charge in [-0.05, 0) is 19.4 Å². The summed E-state index contributed by atoms with van der Waals surface area (Å²) in [6, 6.07) is 7.55. The largest absolute Gasteiger partial charge is 0.496 e. The van der Waals surface area contributed by atoms with Crippen LogP contribution in [-0.4, -0.2) is 18.4 Å². The zero-order valence-electron chi connectivity index (χ0n) is 10.8. The van der Waals surface area contributed by atoms with Crippen molar-refractivity contribution in [2.24, 2.45) is 5.73 Å². The Bertz CT molecular complexity index is 386. The summed E-state index contributed by atoms with van der Waals surface area (Å²) in [5.41, 5.74) is 6.18. The topological polar surface area (TPSA) is 52.3 Å². The Morgan fingerprint density at radius 2 is 2.06 bits per heavy atom. The molecule has 1 atom stereocenters. The second kappa shape index (κ2) is 5.82. The molecule has 1 aromatic rings. The average Bonchev–Trinajstić information content (AvgIpc) is 2.29. The molecule has 0 aliphatic carbocycles. The number of nitrogens with two attached hydrogens (primary N) is 1. The fraction of sp³-hybridized carbons (Fsp3) is 0.500. The highest BCUT2D eigenvalue weighted by Gasteiger charge is 2.27. The lowest BCUT2D eigenvalue weighted by atomic mass is 9.88. The highest BCUT2D eigenvalue weighted by Crippen LogP contribution is 2.21. The summed E-state index contributed by atoms with van der Waals surface area (Å²) in [6.45, 7) is 3.83. The second-order valence-corrected chi connectivity index (χ2v) is 4.58. The zero-order chi connectivity index (χ0) is 12.9. The molecular weight excluding hydrogens is 214 g/mol. The number of Topliss-reactive ketones (excluding diaryl/α,β-unsaturated/α-hetero) is 1. The first kappa shape index (κ1) is 13.7. The van der Waals surface area contributed by atoms with E-state index in [4.69, 9.17) is 10.5 Å². The Morgan fingerprint density at radius 3 is 2.65 bits per heavy atom. The summed E-state index contributed by atoms with van der Waals surface area (Å²) in [7, 11) is 1.61. The summed E-state index contributed by atoms with van der Waals surface area (Å²) in [6.07, 6.45) is 1.95. The maximum absolute atomic E-state index is 12.1. The molecule has 17 heavy (non-hydrogen) atoms. The van der Waals surface area contributed by atoms with Gasteiger partial charge < -0.3 is 10.5 Å². The van der Waals surface area contributed by atoms with Crippen LogP contribution in [-0.2, 0) is 11.2 Å². The van der Waals surface area contributed by atoms with E-state index >= 15 is 0 Å². The van der Waals surface area contributed by atoms with Gasteiger partial charge in [-0.25, -0.2) is 0 Å². The summed E-state index contributed by atoms with van der Waals surface area (Å²) in [4.78, 5) is 12.1. The minimum absolute atomic E-state index is 0.0591. The molecule has 1 unspecified atom stereocenters. The molecular formula is C14H21NO2. The molecule has 0 heterocycles. The van der Waals surface area contributed by atoms with E-state index in [9.17, 15) is 4.79 Å². The number of ketones is 1. The van der Waals surface area contributed by atoms with Gasteiger partial charge in [0, 0.05) is 12.0 Å². The SMILES string of the molecule is CCCC(C)(N)C(=O)Cc1ccccc1OC. The van der Waals surface area contributed by atoms with Crippen LogP contribution in [0.15, 0.2) is 24.3 Å². The fourth-order valence-corrected chi connectivity index (χ4v) is 1.88. The minimum Gasteiger partial charge on any atom is -0.496 e. The predicted octanol–water partition coefficient (Wildman–Crippen LogP) is 2.32. The molecule has 2 N–H and O–H groups in total. The van der Waals surface area contributed by atoms with E-state index in [0.29, 0.717) is 12.8 Å². The van der Waals surface area contributed by atoms with E-state index in [1.54, 1.807) is 14.0 Å². The van der Waals surface area contributed by atoms with Gasteiger partial charge in [-0.15, -0.1) is 0 Å². The Kier molecular flexibility index (Phi) is 4.70. The lowest BCUT2D eigenvalue weighted by Gasteiger charge is -2.22. The zero-order valence-corrected chi connectivity index (χ0v) is 10.8. The third kappa shape index (κ3) is 3.56. The van der Waals surface area contributed by atoms with Crippen LogP contribution in [0.5, 0.6) is 5.75 Å². The molecule has 0 spiro atoms. The minimum atomic E-state index is -0.740. The quantitative estimate of drug-likeness (QED) is 0.823. The summed E-state index contributed by atoms with van der Waals surface area (Å²) in [5, 5.41) is 0. The van der Waals surface area contributed by atoms with E-state index in [1.807, 2.05) is 31.2 Å². The van der Waals surface area contributed by atoms with E-state index in [2.05, 4.69) is 0 Å². The van der Waals surface area contributed by atoms with E-state index in [1.165, 1.54) is 0 Å². The Hall–Kier alpha value is -1.35. The van der Waals surface area contributed by atoms with Crippen molar-refractivity contribution in [3.8, 4) is 5.75 Å². The van der Waals surface area contributed by atoms with Gasteiger partial charge in [-0.1, -0.05) is 31.5 Å². The fourth-order valence-electron chi connectivity index (χ4n) is 1.88. The van der Waals surface area contributed by atoms with Gasteiger partial charge in [0.1, 0.15) is 5.75 Å². The van der Waals surface area contributed by atoms with Crippen LogP contribution >= 0.6 is 0 Å². The van der Waals surface area contributed by atoms with Gasteiger partial charge in [0.2, 0.25) is 0 Å². The molecule has 0 saturated carbocycles. The van der Waals surface area contributed by atoms with Crippen molar-refractivity contribution >= 4 is 5.78 Å². The summed E-state index contributed by atoms with van der Waals surface area (Å²) in [5.74, 6) is 0.803. The average molecular weight is 235 g/mol. The highest BCUT2D eigenvalue weighted by molar-refractivity contribution is 5.90. The molecule has 0 aromatic heterocycles. The standard InChI is InChI=1S/C14H21NO2/c1-4-9-14(2,15)13(16)10-11-7-5-6-8-12(11)17-3/h5-8H,4,9-10,15H2,1-3H3. The molecule has 3 heteroatoms. The highest BCUT2D eigenvalue weighted by atomic mass is 16.5. The lowest BCUT2D eigenvalue weighted by molar-refractivity contribution is -0.123. The smallest absolute Gasteiger partial charge is 0.156 e. The number of para-hydroxylation sites is 1. The maximum atomic E-state index is 12.1. The molecule has 3 nitrogen and oxygen atoms in total. The normalized spacial score (nSPS) is 14.1. The van der Waals surface area contributed by atoms with Crippen LogP contribution in [0.1, 0.15) is 32.3 Å². The first-order valence-electron chi connectivity index (χ1n) is 5.95. The Labute approximate surface area is 103 Å². The van der Waals surface area contributed by atoms with E-state index in [0.717, 1.165) is 17.7 Å². The molecule has 94 valence electrons. The van der Waals surface area contributed by atoms with Crippen molar-refractivity contribution in [1.82, 2.24) is 0 Å². The Morgan fingerprint density at radius 1 is 1.41 bits per heavy atom. The van der Waals surface area contributed by atoms with Gasteiger partial charge >= 0.3 is 0 Å². The van der Waals surface area contributed by atoms with Crippen LogP contribution in [0.3, 0.4) is 0 Å². The van der Waals surface area contributed by atoms with Gasteiger partial charge in [0.15, 0.2) is 5.78 Å². The summed E-state index contributed by atoms with van der Waals surface area (Å²) < 4.78 is 5.23. The van der Waals surface area contributed by atoms with Crippen molar-refractivity contribution in [1.29, 1.82) is 0 Å². The number of rotatable bonds is 6. The van der Waals surface area contributed by atoms with Crippen LogP contribution < -0.4 is 10.5 Å². The van der Waals surface area contributed by atoms with Crippen molar-refractivity contribution < 1.29 is 9.53 Å². The lowest BCUT2D eigenvalue weighted by Crippen LogP contribution is -2.45. The monoisotopic (exact) mass is 235 g/mol. The van der Waals surface area contributed by atoms with Gasteiger partial charge in [-0.3, -0.25) is 4.79 Å². The molecule has 0 fully saturated rings. The molecule has 0 aliphatic heterocycles. The molecule has 0 amide bonds. The molecule has 0 bridgehead atoms. The van der Waals surface area contributed by atoms with Crippen LogP contribution in [0, 0.1) is 0 Å². The van der Waals surface area contributed by atoms with Gasteiger partial charge in [0.25, 0.3) is 0 Å². The first-order valence-corrected chi connectivity index (χ1v) is 5.95. The molecule has 1 aromatic carbocycles. The number of hydrogen-bond donors (Lipinski definition) is 1. The van der Waals surface area contributed by atoms with Gasteiger partial charge in [-0.2, -0.15) is 0 Å². The number of hydrogen-bond acceptors (Lipinski definition) is 3. The van der Waals surface area contributed by atoms with Gasteiger partial charge in [0.05, 0.1) is 12.6 Å². The third-order valence-corrected chi connectivity index (χ3v) is 2.95. The maximum Gasteiger partial charge on any atom is 0.156 e. The Balaban J connectivity index is 2.80. The van der Waals surface area contributed by atoms with Crippen LogP contribution in [0.2, 0.25) is 0 Å². The van der Waals surface area contributed by atoms with Crippen LogP contribution in [0.4, 0.5) is 0 Å². The number of carbonyl (C=O) groups is 1. The predicted molar refractivity (Wildman–Crippen MR) is 69.2 cm³/mol. The third-order valence-electron chi connectivity index (χ3n) is 2.95. The summed E-state index contributed by atoms with van der Waals surface area (Å²) >= 11 is 0. The second-order valence-electron chi connectivity index (χ2n) is 4.58. The van der Waals surface area contributed by atoms with Crippen molar-refractivity contribution in [3.63, 3.8) is 0 Å². The van der Waals surface area contributed by atoms with Crippen LogP contribution in [0.25, 0.3) is 0 Å². The number of benzene rings is 1. The molecule has 0 saturated heterocycles. The first-order chi connectivity index (χ1) is 8.01. The molecule has 0 radical (unpaired) electrons. The number of ether oxygens (including phenoxy) is 1. The van der Waals surface area contributed by atoms with Crippen molar-refractivity contribution in [3.05, 3.63) is 29.8 Å². The van der Waals surface area contributed by atoms with Crippen molar-refractivity contribution in [2.45, 2.75) is 38.6 Å². The molecule has 0 aliphatic rings. The molecule has 1 rings (SSSR count). The number of methoxy groups -OCH3 is 1.